The van der Waals surface area contributed by atoms with Crippen LogP contribution in [-0.4, -0.2) is 62.3 Å². The number of epoxide rings is 1. The maximum Gasteiger partial charge on any atom is 0.0936 e. The van der Waals surface area contributed by atoms with Gasteiger partial charge >= 0.3 is 0 Å². The van der Waals surface area contributed by atoms with E-state index in [1.807, 2.05) is 0 Å². The predicted octanol–water partition coefficient (Wildman–Crippen LogP) is 0.269. The van der Waals surface area contributed by atoms with Gasteiger partial charge in [-0.3, -0.25) is 0 Å². The summed E-state index contributed by atoms with van der Waals surface area (Å²) in [7, 11) is 2.25. The van der Waals surface area contributed by atoms with Crippen LogP contribution in [0.25, 0.3) is 0 Å². The summed E-state index contributed by atoms with van der Waals surface area (Å²) < 4.78 is 5.29. The van der Waals surface area contributed by atoms with Gasteiger partial charge in [0, 0.05) is 26.2 Å². The van der Waals surface area contributed by atoms with Gasteiger partial charge in [0.25, 0.3) is 0 Å². The Kier molecular flexibility index (Phi) is 2.26. The summed E-state index contributed by atoms with van der Waals surface area (Å²) in [6, 6.07) is 0. The molecule has 3 heteroatoms. The van der Waals surface area contributed by atoms with Crippen LogP contribution in [0.4, 0.5) is 0 Å². The third kappa shape index (κ3) is 1.81. The molecular weight excluding hydrogens is 176 g/mol. The summed E-state index contributed by atoms with van der Waals surface area (Å²) in [4.78, 5) is 5.10. The fraction of sp³-hybridized carbons (Fsp3) is 1.00. The minimum absolute atomic E-state index is 0.577. The molecule has 3 fully saturated rings. The molecule has 80 valence electrons. The summed E-state index contributed by atoms with van der Waals surface area (Å²) in [5.41, 5.74) is 0. The van der Waals surface area contributed by atoms with Gasteiger partial charge in [0.05, 0.1) is 12.7 Å². The van der Waals surface area contributed by atoms with Gasteiger partial charge < -0.3 is 14.5 Å². The maximum atomic E-state index is 5.29. The largest absolute Gasteiger partial charge is 0.372 e. The first-order chi connectivity index (χ1) is 6.81. The second-order valence-electron chi connectivity index (χ2n) is 5.24. The number of rotatable bonds is 2. The van der Waals surface area contributed by atoms with Crippen LogP contribution in [0.15, 0.2) is 0 Å². The molecule has 0 aromatic carbocycles. The highest BCUT2D eigenvalue weighted by Gasteiger charge is 2.38. The number of nitrogens with zero attached hydrogens (tertiary/aromatic N) is 2. The molecule has 0 amide bonds. The van der Waals surface area contributed by atoms with Gasteiger partial charge in [0.1, 0.15) is 0 Å². The van der Waals surface area contributed by atoms with E-state index in [1.54, 1.807) is 0 Å². The third-order valence-corrected chi connectivity index (χ3v) is 3.94. The molecule has 3 nitrogen and oxygen atoms in total. The van der Waals surface area contributed by atoms with E-state index in [9.17, 15) is 0 Å². The zero-order chi connectivity index (χ0) is 9.54. The second-order valence-corrected chi connectivity index (χ2v) is 5.24. The standard InChI is InChI=1S/C11H20N2O/c1-12-3-2-9-5-13(6-10(9)4-12)7-11-8-14-11/h9-11H,2-8H2,1H3/t9?,10?,11-/m1/s1. The molecule has 3 aliphatic heterocycles. The Morgan fingerprint density at radius 2 is 2.00 bits per heavy atom. The van der Waals surface area contributed by atoms with Crippen LogP contribution in [0.5, 0.6) is 0 Å². The van der Waals surface area contributed by atoms with E-state index in [-0.39, 0.29) is 0 Å². The van der Waals surface area contributed by atoms with Gasteiger partial charge in [-0.2, -0.15) is 0 Å². The molecule has 3 saturated heterocycles. The molecule has 14 heavy (non-hydrogen) atoms. The summed E-state index contributed by atoms with van der Waals surface area (Å²) in [6.07, 6.45) is 1.98. The van der Waals surface area contributed by atoms with Gasteiger partial charge in [-0.15, -0.1) is 0 Å². The molecule has 0 radical (unpaired) electrons. The van der Waals surface area contributed by atoms with Gasteiger partial charge in [-0.1, -0.05) is 0 Å². The zero-order valence-corrected chi connectivity index (χ0v) is 8.98. The van der Waals surface area contributed by atoms with E-state index in [4.69, 9.17) is 4.74 Å². The molecular formula is C11H20N2O. The third-order valence-electron chi connectivity index (χ3n) is 3.94. The molecule has 0 saturated carbocycles. The lowest BCUT2D eigenvalue weighted by Gasteiger charge is -2.31. The molecule has 0 bridgehead atoms. The SMILES string of the molecule is CN1CCC2CN(C[C@@H]3CO3)CC2C1. The fourth-order valence-corrected chi connectivity index (χ4v) is 3.06. The highest BCUT2D eigenvalue weighted by atomic mass is 16.6. The Morgan fingerprint density at radius 1 is 1.21 bits per heavy atom. The van der Waals surface area contributed by atoms with Crippen LogP contribution in [0, 0.1) is 11.8 Å². The average molecular weight is 196 g/mol. The van der Waals surface area contributed by atoms with Gasteiger partial charge in [-0.25, -0.2) is 0 Å². The first-order valence-corrected chi connectivity index (χ1v) is 5.84. The molecule has 0 aromatic heterocycles. The second kappa shape index (κ2) is 3.47. The Bertz CT molecular complexity index is 217. The van der Waals surface area contributed by atoms with Crippen molar-refractivity contribution in [3.8, 4) is 0 Å². The molecule has 3 rings (SSSR count). The van der Waals surface area contributed by atoms with Crippen LogP contribution in [0.2, 0.25) is 0 Å². The molecule has 3 aliphatic rings. The predicted molar refractivity (Wildman–Crippen MR) is 55.3 cm³/mol. The van der Waals surface area contributed by atoms with E-state index in [1.165, 1.54) is 39.1 Å². The number of likely N-dealkylation sites (tertiary alicyclic amines) is 2. The van der Waals surface area contributed by atoms with Crippen molar-refractivity contribution in [1.29, 1.82) is 0 Å². The lowest BCUT2D eigenvalue weighted by atomic mass is 9.89. The maximum absolute atomic E-state index is 5.29. The van der Waals surface area contributed by atoms with Crippen molar-refractivity contribution in [2.75, 3.05) is 46.4 Å². The Hall–Kier alpha value is -0.120. The van der Waals surface area contributed by atoms with Crippen molar-refractivity contribution >= 4 is 0 Å². The van der Waals surface area contributed by atoms with E-state index >= 15 is 0 Å². The summed E-state index contributed by atoms with van der Waals surface area (Å²) in [5.74, 6) is 1.91. The van der Waals surface area contributed by atoms with Crippen molar-refractivity contribution in [1.82, 2.24) is 9.80 Å². The van der Waals surface area contributed by atoms with E-state index < -0.39 is 0 Å². The topological polar surface area (TPSA) is 19.0 Å². The summed E-state index contributed by atoms with van der Waals surface area (Å²) >= 11 is 0. The number of fused-ring (bicyclic) bond motifs is 1. The zero-order valence-electron chi connectivity index (χ0n) is 8.98. The Balaban J connectivity index is 1.55. The van der Waals surface area contributed by atoms with Crippen molar-refractivity contribution < 1.29 is 4.74 Å². The van der Waals surface area contributed by atoms with Crippen LogP contribution in [-0.2, 0) is 4.74 Å². The van der Waals surface area contributed by atoms with Gasteiger partial charge in [-0.05, 0) is 31.8 Å². The highest BCUT2D eigenvalue weighted by Crippen LogP contribution is 2.31. The number of piperidine rings is 1. The minimum atomic E-state index is 0.577. The van der Waals surface area contributed by atoms with Gasteiger partial charge in [0.2, 0.25) is 0 Å². The van der Waals surface area contributed by atoms with Crippen LogP contribution in [0.3, 0.4) is 0 Å². The lowest BCUT2D eigenvalue weighted by Crippen LogP contribution is -2.37. The van der Waals surface area contributed by atoms with Crippen LogP contribution < -0.4 is 0 Å². The summed E-state index contributed by atoms with van der Waals surface area (Å²) in [6.45, 7) is 7.46. The normalized spacial score (nSPS) is 43.9. The molecule has 0 aromatic rings. The lowest BCUT2D eigenvalue weighted by molar-refractivity contribution is 0.178. The van der Waals surface area contributed by atoms with Crippen LogP contribution in [0.1, 0.15) is 6.42 Å². The molecule has 0 aliphatic carbocycles. The summed E-state index contributed by atoms with van der Waals surface area (Å²) in [5, 5.41) is 0. The monoisotopic (exact) mass is 196 g/mol. The van der Waals surface area contributed by atoms with Crippen molar-refractivity contribution in [3.05, 3.63) is 0 Å². The molecule has 3 atom stereocenters. The molecule has 2 unspecified atom stereocenters. The first kappa shape index (κ1) is 9.13. The quantitative estimate of drug-likeness (QED) is 0.591. The smallest absolute Gasteiger partial charge is 0.0936 e. The number of hydrogen-bond donors (Lipinski definition) is 0. The Morgan fingerprint density at radius 3 is 2.79 bits per heavy atom. The van der Waals surface area contributed by atoms with E-state index in [0.29, 0.717) is 6.10 Å². The molecule has 3 heterocycles. The average Bonchev–Trinajstić information content (AvgIpc) is 2.84. The Labute approximate surface area is 86.0 Å². The molecule has 0 N–H and O–H groups in total. The van der Waals surface area contributed by atoms with Gasteiger partial charge in [0.15, 0.2) is 0 Å². The van der Waals surface area contributed by atoms with Crippen molar-refractivity contribution in [2.45, 2.75) is 12.5 Å². The van der Waals surface area contributed by atoms with E-state index in [0.717, 1.165) is 18.4 Å². The first-order valence-electron chi connectivity index (χ1n) is 5.84. The molecule has 0 spiro atoms. The van der Waals surface area contributed by atoms with E-state index in [2.05, 4.69) is 16.8 Å². The number of ether oxygens (including phenoxy) is 1. The number of hydrogen-bond acceptors (Lipinski definition) is 3. The van der Waals surface area contributed by atoms with Crippen LogP contribution >= 0.6 is 0 Å². The van der Waals surface area contributed by atoms with Crippen molar-refractivity contribution in [2.24, 2.45) is 11.8 Å². The highest BCUT2D eigenvalue weighted by molar-refractivity contribution is 4.90. The fourth-order valence-electron chi connectivity index (χ4n) is 3.06. The minimum Gasteiger partial charge on any atom is -0.372 e. The van der Waals surface area contributed by atoms with Crippen molar-refractivity contribution in [3.63, 3.8) is 0 Å².